The van der Waals surface area contributed by atoms with Crippen LogP contribution in [0.25, 0.3) is 0 Å². The highest BCUT2D eigenvalue weighted by molar-refractivity contribution is 6.30. The molecule has 1 amide bonds. The monoisotopic (exact) mass is 410 g/mol. The number of ether oxygens (including phenoxy) is 1. The molecule has 7 heteroatoms. The molecule has 1 heterocycles. The van der Waals surface area contributed by atoms with Crippen LogP contribution in [0.1, 0.15) is 24.8 Å². The third-order valence-electron chi connectivity index (χ3n) is 5.94. The first-order chi connectivity index (χ1) is 13.4. The van der Waals surface area contributed by atoms with Gasteiger partial charge in [0.25, 0.3) is 6.47 Å². The number of fused-ring (bicyclic) bond motifs is 1. The smallest absolute Gasteiger partial charge is 0.290 e. The summed E-state index contributed by atoms with van der Waals surface area (Å²) in [6, 6.07) is 8.24. The highest BCUT2D eigenvalue weighted by Crippen LogP contribution is 2.39. The minimum absolute atomic E-state index is 0.250. The second-order valence-corrected chi connectivity index (χ2v) is 8.26. The van der Waals surface area contributed by atoms with E-state index >= 15 is 0 Å². The van der Waals surface area contributed by atoms with Crippen molar-refractivity contribution in [2.75, 3.05) is 34.3 Å². The van der Waals surface area contributed by atoms with E-state index in [2.05, 4.69) is 23.9 Å². The molecule has 0 spiro atoms. The summed E-state index contributed by atoms with van der Waals surface area (Å²) in [6.45, 7) is 1.55. The average Bonchev–Trinajstić information content (AvgIpc) is 3.10. The van der Waals surface area contributed by atoms with Crippen molar-refractivity contribution in [3.8, 4) is 0 Å². The van der Waals surface area contributed by atoms with Gasteiger partial charge in [-0.2, -0.15) is 0 Å². The molecular weight excluding hydrogens is 380 g/mol. The summed E-state index contributed by atoms with van der Waals surface area (Å²) in [5.74, 6) is 1.47. The van der Waals surface area contributed by atoms with Gasteiger partial charge in [0, 0.05) is 37.7 Å². The number of amides is 1. The van der Waals surface area contributed by atoms with E-state index in [0.29, 0.717) is 24.3 Å². The Morgan fingerprint density at radius 1 is 1.25 bits per heavy atom. The zero-order chi connectivity index (χ0) is 20.7. The van der Waals surface area contributed by atoms with E-state index in [1.165, 1.54) is 5.56 Å². The van der Waals surface area contributed by atoms with Crippen LogP contribution in [0.3, 0.4) is 0 Å². The van der Waals surface area contributed by atoms with E-state index in [1.54, 1.807) is 0 Å². The summed E-state index contributed by atoms with van der Waals surface area (Å²) >= 11 is 5.92. The lowest BCUT2D eigenvalue weighted by Gasteiger charge is -2.40. The molecule has 1 saturated carbocycles. The van der Waals surface area contributed by atoms with E-state index in [4.69, 9.17) is 26.2 Å². The van der Waals surface area contributed by atoms with Gasteiger partial charge < -0.3 is 19.6 Å². The van der Waals surface area contributed by atoms with Crippen LogP contribution in [0.5, 0.6) is 0 Å². The minimum Gasteiger partial charge on any atom is -0.483 e. The molecule has 0 radical (unpaired) electrons. The van der Waals surface area contributed by atoms with Crippen LogP contribution in [0, 0.1) is 11.8 Å². The van der Waals surface area contributed by atoms with Crippen molar-refractivity contribution >= 4 is 24.0 Å². The average molecular weight is 411 g/mol. The van der Waals surface area contributed by atoms with Crippen LogP contribution in [0.4, 0.5) is 0 Å². The standard InChI is InChI=1S/C20H29ClN2O2.CH2O2/c1-22(2)18-10-15-12-23(13-16(15)11-19(18)25-3)20(24)9-6-14-4-7-17(21)8-5-14;2-1-3/h4-5,7-8,15-16,18-19H,6,9-13H2,1-3H3;1H,(H,2,3)/t15-,16+,18-,19-;/m1./s1. The van der Waals surface area contributed by atoms with Crippen LogP contribution in [-0.2, 0) is 20.7 Å². The molecule has 0 unspecified atom stereocenters. The van der Waals surface area contributed by atoms with Crippen molar-refractivity contribution in [2.45, 2.75) is 37.8 Å². The summed E-state index contributed by atoms with van der Waals surface area (Å²) in [6.07, 6.45) is 3.82. The SMILES string of the molecule is CO[C@@H]1C[C@H]2CN(C(=O)CCc3ccc(Cl)cc3)C[C@H]2C[C@H]1N(C)C.O=CO. The number of carbonyl (C=O) groups is 2. The van der Waals surface area contributed by atoms with E-state index in [-0.39, 0.29) is 18.5 Å². The molecule has 28 heavy (non-hydrogen) atoms. The Kier molecular flexibility index (Phi) is 8.73. The van der Waals surface area contributed by atoms with E-state index in [9.17, 15) is 4.79 Å². The number of halogens is 1. The number of likely N-dealkylation sites (tertiary alicyclic amines) is 1. The van der Waals surface area contributed by atoms with Crippen molar-refractivity contribution in [1.82, 2.24) is 9.80 Å². The maximum absolute atomic E-state index is 12.7. The normalized spacial score (nSPS) is 26.4. The molecule has 0 bridgehead atoms. The van der Waals surface area contributed by atoms with Gasteiger partial charge in [-0.3, -0.25) is 9.59 Å². The first-order valence-corrected chi connectivity index (χ1v) is 10.1. The molecule has 6 nitrogen and oxygen atoms in total. The highest BCUT2D eigenvalue weighted by Gasteiger charge is 2.43. The summed E-state index contributed by atoms with van der Waals surface area (Å²) in [4.78, 5) is 25.4. The fourth-order valence-electron chi connectivity index (χ4n) is 4.45. The molecule has 156 valence electrons. The van der Waals surface area contributed by atoms with Crippen molar-refractivity contribution in [3.05, 3.63) is 34.9 Å². The first-order valence-electron chi connectivity index (χ1n) is 9.68. The van der Waals surface area contributed by atoms with Crippen LogP contribution in [-0.4, -0.2) is 73.7 Å². The zero-order valence-electron chi connectivity index (χ0n) is 16.9. The molecular formula is C21H31ClN2O4. The van der Waals surface area contributed by atoms with Crippen molar-refractivity contribution in [2.24, 2.45) is 11.8 Å². The molecule has 2 aliphatic rings. The van der Waals surface area contributed by atoms with Crippen molar-refractivity contribution in [3.63, 3.8) is 0 Å². The number of methoxy groups -OCH3 is 1. The minimum atomic E-state index is -0.250. The molecule has 3 rings (SSSR count). The topological polar surface area (TPSA) is 70.1 Å². The predicted octanol–water partition coefficient (Wildman–Crippen LogP) is 2.79. The summed E-state index contributed by atoms with van der Waals surface area (Å²) < 4.78 is 5.73. The van der Waals surface area contributed by atoms with Crippen molar-refractivity contribution < 1.29 is 19.4 Å². The molecule has 1 saturated heterocycles. The molecule has 1 aliphatic heterocycles. The Labute approximate surface area is 172 Å². The van der Waals surface area contributed by atoms with Gasteiger partial charge in [-0.1, -0.05) is 23.7 Å². The molecule has 1 aliphatic carbocycles. The van der Waals surface area contributed by atoms with Crippen LogP contribution in [0.15, 0.2) is 24.3 Å². The van der Waals surface area contributed by atoms with E-state index in [1.807, 2.05) is 31.4 Å². The fourth-order valence-corrected chi connectivity index (χ4v) is 4.58. The predicted molar refractivity (Wildman–Crippen MR) is 110 cm³/mol. The van der Waals surface area contributed by atoms with Crippen LogP contribution >= 0.6 is 11.6 Å². The maximum Gasteiger partial charge on any atom is 0.290 e. The number of rotatable bonds is 5. The first kappa shape index (κ1) is 22.7. The molecule has 1 aromatic carbocycles. The highest BCUT2D eigenvalue weighted by atomic mass is 35.5. The summed E-state index contributed by atoms with van der Waals surface area (Å²) in [7, 11) is 6.06. The Morgan fingerprint density at radius 3 is 2.36 bits per heavy atom. The van der Waals surface area contributed by atoms with Gasteiger partial charge in [-0.05, 0) is 62.9 Å². The molecule has 2 fully saturated rings. The third-order valence-corrected chi connectivity index (χ3v) is 6.20. The van der Waals surface area contributed by atoms with Gasteiger partial charge in [0.2, 0.25) is 5.91 Å². The van der Waals surface area contributed by atoms with Crippen LogP contribution in [0.2, 0.25) is 5.02 Å². The largest absolute Gasteiger partial charge is 0.483 e. The number of aryl methyl sites for hydroxylation is 1. The molecule has 1 aromatic rings. The van der Waals surface area contributed by atoms with Crippen molar-refractivity contribution in [1.29, 1.82) is 0 Å². The van der Waals surface area contributed by atoms with Gasteiger partial charge in [0.05, 0.1) is 6.10 Å². The fraction of sp³-hybridized carbons (Fsp3) is 0.619. The zero-order valence-corrected chi connectivity index (χ0v) is 17.6. The second kappa shape index (κ2) is 10.8. The quantitative estimate of drug-likeness (QED) is 0.756. The number of hydrogen-bond donors (Lipinski definition) is 1. The number of likely N-dealkylation sites (N-methyl/N-ethyl adjacent to an activating group) is 1. The van der Waals surface area contributed by atoms with Crippen LogP contribution < -0.4 is 0 Å². The van der Waals surface area contributed by atoms with E-state index < -0.39 is 0 Å². The molecule has 0 aromatic heterocycles. The van der Waals surface area contributed by atoms with Gasteiger partial charge in [-0.15, -0.1) is 0 Å². The Balaban J connectivity index is 0.000000878. The third kappa shape index (κ3) is 5.93. The van der Waals surface area contributed by atoms with Gasteiger partial charge in [0.15, 0.2) is 0 Å². The number of nitrogens with zero attached hydrogens (tertiary/aromatic N) is 2. The summed E-state index contributed by atoms with van der Waals surface area (Å²) in [5, 5.41) is 7.63. The Morgan fingerprint density at radius 2 is 1.82 bits per heavy atom. The molecule has 1 N–H and O–H groups in total. The van der Waals surface area contributed by atoms with Gasteiger partial charge >= 0.3 is 0 Å². The number of carboxylic acid groups (broad SMARTS) is 1. The lowest BCUT2D eigenvalue weighted by molar-refractivity contribution is -0.130. The number of hydrogen-bond acceptors (Lipinski definition) is 4. The lowest BCUT2D eigenvalue weighted by atomic mass is 9.77. The van der Waals surface area contributed by atoms with E-state index in [0.717, 1.165) is 37.4 Å². The van der Waals surface area contributed by atoms with Gasteiger partial charge in [-0.25, -0.2) is 0 Å². The number of carbonyl (C=O) groups excluding carboxylic acids is 1. The number of benzene rings is 1. The maximum atomic E-state index is 12.7. The Bertz CT molecular complexity index is 638. The summed E-state index contributed by atoms with van der Waals surface area (Å²) in [5.41, 5.74) is 1.17. The second-order valence-electron chi connectivity index (χ2n) is 7.83. The Hall–Kier alpha value is -1.63. The molecule has 4 atom stereocenters. The van der Waals surface area contributed by atoms with Gasteiger partial charge in [0.1, 0.15) is 0 Å². The lowest BCUT2D eigenvalue weighted by Crippen LogP contribution is -2.47.